The van der Waals surface area contributed by atoms with Gasteiger partial charge < -0.3 is 10.4 Å². The summed E-state index contributed by atoms with van der Waals surface area (Å²) in [7, 11) is 1.59. The number of hydrogen-bond acceptors (Lipinski definition) is 3. The van der Waals surface area contributed by atoms with Gasteiger partial charge in [-0.05, 0) is 31.4 Å². The summed E-state index contributed by atoms with van der Waals surface area (Å²) < 4.78 is 0. The van der Waals surface area contributed by atoms with E-state index in [1.165, 1.54) is 0 Å². The van der Waals surface area contributed by atoms with E-state index in [9.17, 15) is 14.7 Å². The highest BCUT2D eigenvalue weighted by molar-refractivity contribution is 5.83. The lowest BCUT2D eigenvalue weighted by molar-refractivity contribution is -0.144. The number of carbonyl (C=O) groups excluding carboxylic acids is 1. The van der Waals surface area contributed by atoms with Crippen molar-refractivity contribution in [1.82, 2.24) is 10.2 Å². The van der Waals surface area contributed by atoms with E-state index in [2.05, 4.69) is 5.32 Å². The molecule has 0 aromatic heterocycles. The summed E-state index contributed by atoms with van der Waals surface area (Å²) in [6, 6.07) is 8.72. The van der Waals surface area contributed by atoms with Crippen molar-refractivity contribution in [3.8, 4) is 0 Å². The molecule has 1 aliphatic rings. The van der Waals surface area contributed by atoms with Gasteiger partial charge in [0.25, 0.3) is 0 Å². The Labute approximate surface area is 118 Å². The second-order valence-electron chi connectivity index (χ2n) is 5.05. The third-order valence-corrected chi connectivity index (χ3v) is 3.80. The summed E-state index contributed by atoms with van der Waals surface area (Å²) in [5.41, 5.74) is 1.04. The van der Waals surface area contributed by atoms with Crippen LogP contribution in [0.15, 0.2) is 30.3 Å². The molecule has 5 nitrogen and oxygen atoms in total. The fourth-order valence-corrected chi connectivity index (χ4v) is 2.79. The van der Waals surface area contributed by atoms with Crippen molar-refractivity contribution in [3.05, 3.63) is 35.9 Å². The Morgan fingerprint density at radius 1 is 1.40 bits per heavy atom. The van der Waals surface area contributed by atoms with Crippen molar-refractivity contribution in [1.29, 1.82) is 0 Å². The van der Waals surface area contributed by atoms with Gasteiger partial charge >= 0.3 is 5.97 Å². The van der Waals surface area contributed by atoms with E-state index in [1.54, 1.807) is 7.05 Å². The SMILES string of the molecule is CNC(=O)C(Cc1ccccc1)N1CCCC1C(=O)O. The third kappa shape index (κ3) is 3.17. The smallest absolute Gasteiger partial charge is 0.320 e. The number of amides is 1. The van der Waals surface area contributed by atoms with E-state index >= 15 is 0 Å². The second kappa shape index (κ2) is 6.52. The van der Waals surface area contributed by atoms with Crippen LogP contribution >= 0.6 is 0 Å². The number of rotatable bonds is 5. The monoisotopic (exact) mass is 276 g/mol. The molecule has 1 fully saturated rings. The van der Waals surface area contributed by atoms with Gasteiger partial charge in [-0.2, -0.15) is 0 Å². The van der Waals surface area contributed by atoms with Crippen LogP contribution in [0, 0.1) is 0 Å². The number of likely N-dealkylation sites (tertiary alicyclic amines) is 1. The number of carbonyl (C=O) groups is 2. The van der Waals surface area contributed by atoms with Gasteiger partial charge in [0.05, 0.1) is 6.04 Å². The van der Waals surface area contributed by atoms with Gasteiger partial charge in [-0.3, -0.25) is 14.5 Å². The lowest BCUT2D eigenvalue weighted by atomic mass is 10.0. The van der Waals surface area contributed by atoms with Crippen LogP contribution in [0.25, 0.3) is 0 Å². The molecule has 1 amide bonds. The average Bonchev–Trinajstić information content (AvgIpc) is 2.94. The Balaban J connectivity index is 2.19. The lowest BCUT2D eigenvalue weighted by Gasteiger charge is -2.29. The first-order valence-corrected chi connectivity index (χ1v) is 6.87. The molecule has 1 aromatic carbocycles. The van der Waals surface area contributed by atoms with Crippen LogP contribution in [0.1, 0.15) is 18.4 Å². The Morgan fingerprint density at radius 3 is 2.70 bits per heavy atom. The zero-order chi connectivity index (χ0) is 14.5. The zero-order valence-corrected chi connectivity index (χ0v) is 11.6. The van der Waals surface area contributed by atoms with E-state index < -0.39 is 18.1 Å². The van der Waals surface area contributed by atoms with Crippen molar-refractivity contribution < 1.29 is 14.7 Å². The van der Waals surface area contributed by atoms with E-state index in [1.807, 2.05) is 35.2 Å². The number of carboxylic acid groups (broad SMARTS) is 1. The van der Waals surface area contributed by atoms with Gasteiger partial charge in [-0.25, -0.2) is 0 Å². The maximum Gasteiger partial charge on any atom is 0.320 e. The number of nitrogens with one attached hydrogen (secondary N) is 1. The molecule has 1 aromatic rings. The molecule has 1 heterocycles. The Bertz CT molecular complexity index is 475. The van der Waals surface area contributed by atoms with Gasteiger partial charge in [0, 0.05) is 7.05 Å². The normalized spacial score (nSPS) is 20.6. The van der Waals surface area contributed by atoms with Gasteiger partial charge in [0.2, 0.25) is 5.91 Å². The van der Waals surface area contributed by atoms with E-state index in [0.717, 1.165) is 12.0 Å². The molecule has 20 heavy (non-hydrogen) atoms. The van der Waals surface area contributed by atoms with Crippen LogP contribution in [-0.4, -0.2) is 47.6 Å². The molecule has 0 aliphatic carbocycles. The van der Waals surface area contributed by atoms with Crippen molar-refractivity contribution in [2.45, 2.75) is 31.3 Å². The molecular formula is C15H20N2O3. The molecule has 2 rings (SSSR count). The Hall–Kier alpha value is -1.88. The maximum atomic E-state index is 12.1. The zero-order valence-electron chi connectivity index (χ0n) is 11.6. The number of hydrogen-bond donors (Lipinski definition) is 2. The number of nitrogens with zero attached hydrogens (tertiary/aromatic N) is 1. The average molecular weight is 276 g/mol. The van der Waals surface area contributed by atoms with Crippen molar-refractivity contribution in [2.24, 2.45) is 0 Å². The maximum absolute atomic E-state index is 12.1. The summed E-state index contributed by atoms with van der Waals surface area (Å²) in [6.45, 7) is 0.655. The second-order valence-corrected chi connectivity index (χ2v) is 5.05. The standard InChI is InChI=1S/C15H20N2O3/c1-16-14(18)13(10-11-6-3-2-4-7-11)17-9-5-8-12(17)15(19)20/h2-4,6-7,12-13H,5,8-10H2,1H3,(H,16,18)(H,19,20). The van der Waals surface area contributed by atoms with Gasteiger partial charge in [0.1, 0.15) is 6.04 Å². The summed E-state index contributed by atoms with van der Waals surface area (Å²) in [4.78, 5) is 25.2. The van der Waals surface area contributed by atoms with Crippen molar-refractivity contribution in [2.75, 3.05) is 13.6 Å². The molecule has 0 saturated carbocycles. The van der Waals surface area contributed by atoms with E-state index in [0.29, 0.717) is 19.4 Å². The summed E-state index contributed by atoms with van der Waals surface area (Å²) >= 11 is 0. The highest BCUT2D eigenvalue weighted by Crippen LogP contribution is 2.22. The quantitative estimate of drug-likeness (QED) is 0.838. The minimum absolute atomic E-state index is 0.123. The fraction of sp³-hybridized carbons (Fsp3) is 0.467. The largest absolute Gasteiger partial charge is 0.480 e. The highest BCUT2D eigenvalue weighted by Gasteiger charge is 2.38. The van der Waals surface area contributed by atoms with Crippen LogP contribution in [0.5, 0.6) is 0 Å². The molecule has 1 aliphatic heterocycles. The lowest BCUT2D eigenvalue weighted by Crippen LogP contribution is -2.51. The van der Waals surface area contributed by atoms with Crippen LogP contribution in [0.4, 0.5) is 0 Å². The summed E-state index contributed by atoms with van der Waals surface area (Å²) in [5, 5.41) is 11.9. The minimum Gasteiger partial charge on any atom is -0.480 e. The first-order chi connectivity index (χ1) is 9.63. The predicted octanol–water partition coefficient (Wildman–Crippen LogP) is 0.893. The van der Waals surface area contributed by atoms with Crippen molar-refractivity contribution in [3.63, 3.8) is 0 Å². The predicted molar refractivity (Wildman–Crippen MR) is 75.4 cm³/mol. The topological polar surface area (TPSA) is 69.6 Å². The number of likely N-dealkylation sites (N-methyl/N-ethyl adjacent to an activating group) is 1. The third-order valence-electron chi connectivity index (χ3n) is 3.80. The van der Waals surface area contributed by atoms with Crippen LogP contribution in [0.2, 0.25) is 0 Å². The van der Waals surface area contributed by atoms with Crippen LogP contribution in [-0.2, 0) is 16.0 Å². The van der Waals surface area contributed by atoms with Gasteiger partial charge in [-0.1, -0.05) is 30.3 Å². The Kier molecular flexibility index (Phi) is 4.74. The Morgan fingerprint density at radius 2 is 2.10 bits per heavy atom. The highest BCUT2D eigenvalue weighted by atomic mass is 16.4. The first kappa shape index (κ1) is 14.5. The molecule has 2 N–H and O–H groups in total. The number of carboxylic acids is 1. The van der Waals surface area contributed by atoms with E-state index in [4.69, 9.17) is 0 Å². The molecular weight excluding hydrogens is 256 g/mol. The van der Waals surface area contributed by atoms with Gasteiger partial charge in [0.15, 0.2) is 0 Å². The molecule has 5 heteroatoms. The molecule has 0 radical (unpaired) electrons. The molecule has 1 saturated heterocycles. The van der Waals surface area contributed by atoms with Gasteiger partial charge in [-0.15, -0.1) is 0 Å². The van der Waals surface area contributed by atoms with E-state index in [-0.39, 0.29) is 5.91 Å². The molecule has 0 spiro atoms. The molecule has 108 valence electrons. The number of benzene rings is 1. The fourth-order valence-electron chi connectivity index (χ4n) is 2.79. The summed E-state index contributed by atoms with van der Waals surface area (Å²) in [6.07, 6.45) is 1.96. The number of aliphatic carboxylic acids is 1. The summed E-state index contributed by atoms with van der Waals surface area (Å²) in [5.74, 6) is -0.966. The molecule has 2 unspecified atom stereocenters. The first-order valence-electron chi connectivity index (χ1n) is 6.87. The van der Waals surface area contributed by atoms with Crippen molar-refractivity contribution >= 4 is 11.9 Å². The van der Waals surface area contributed by atoms with Crippen LogP contribution in [0.3, 0.4) is 0 Å². The molecule has 2 atom stereocenters. The minimum atomic E-state index is -0.843. The molecule has 0 bridgehead atoms. The van der Waals surface area contributed by atoms with Crippen LogP contribution < -0.4 is 5.32 Å².